The quantitative estimate of drug-likeness (QED) is 0.0731. The van der Waals surface area contributed by atoms with Crippen LogP contribution in [0.15, 0.2) is 26.9 Å². The van der Waals surface area contributed by atoms with Gasteiger partial charge in [-0.1, -0.05) is 0 Å². The molecule has 39 heteroatoms. The summed E-state index contributed by atoms with van der Waals surface area (Å²) in [5.41, 5.74) is 3.88. The monoisotopic (exact) mass is 973 g/mol. The van der Waals surface area contributed by atoms with Crippen molar-refractivity contribution in [1.29, 1.82) is 0 Å². The van der Waals surface area contributed by atoms with Crippen molar-refractivity contribution in [1.82, 2.24) is 29.1 Å². The van der Waals surface area contributed by atoms with Gasteiger partial charge in [-0.2, -0.15) is 22.2 Å². The van der Waals surface area contributed by atoms with E-state index < -0.39 is 108 Å². The number of phosphoric ester groups is 2. The van der Waals surface area contributed by atoms with Gasteiger partial charge in [0.15, 0.2) is 11.2 Å². The molecule has 2 aliphatic rings. The van der Waals surface area contributed by atoms with Gasteiger partial charge in [0.25, 0.3) is 11.1 Å². The van der Waals surface area contributed by atoms with Gasteiger partial charge in [0, 0.05) is 18.2 Å². The first-order chi connectivity index (χ1) is 26.8. The van der Waals surface area contributed by atoms with E-state index in [0.29, 0.717) is 0 Å². The molecule has 0 amide bonds. The Kier molecular flexibility index (Phi) is 15.4. The maximum Gasteiger partial charge on any atom is 0.490 e. The number of anilines is 1. The summed E-state index contributed by atoms with van der Waals surface area (Å²) in [7, 11) is -32.9. The van der Waals surface area contributed by atoms with Crippen LogP contribution in [0.2, 0.25) is 0 Å². The van der Waals surface area contributed by atoms with E-state index >= 15 is 0 Å². The second-order valence-electron chi connectivity index (χ2n) is 11.7. The Balaban J connectivity index is 0.000000262. The van der Waals surface area contributed by atoms with Crippen molar-refractivity contribution < 1.29 is 107 Å². The minimum atomic E-state index is -5.67. The summed E-state index contributed by atoms with van der Waals surface area (Å²) in [6.45, 7) is 0.0258. The first kappa shape index (κ1) is 49.2. The van der Waals surface area contributed by atoms with Gasteiger partial charge in [-0.05, 0) is 19.8 Å². The number of fused-ring (bicyclic) bond motifs is 1. The number of hydrogen-bond acceptors (Lipinski definition) is 21. The molecule has 5 heterocycles. The molecule has 13 N–H and O–H groups in total. The molecule has 0 radical (unpaired) electrons. The van der Waals surface area contributed by atoms with Crippen molar-refractivity contribution in [2.75, 3.05) is 18.9 Å². The number of aromatic amines is 2. The van der Waals surface area contributed by atoms with E-state index in [1.807, 2.05) is 0 Å². The van der Waals surface area contributed by atoms with Gasteiger partial charge in [0.2, 0.25) is 5.95 Å². The number of ether oxygens (including phenoxy) is 2. The molecule has 33 nitrogen and oxygen atoms in total. The van der Waals surface area contributed by atoms with Gasteiger partial charge in [-0.3, -0.25) is 37.7 Å². The summed E-state index contributed by atoms with van der Waals surface area (Å²) in [5, 5.41) is 10.1. The summed E-state index contributed by atoms with van der Waals surface area (Å²) in [6.07, 6.45) is -2.15. The number of rotatable bonds is 16. The van der Waals surface area contributed by atoms with Crippen molar-refractivity contribution in [3.63, 3.8) is 0 Å². The molecular formula is C20H33N7O26P6. The fraction of sp³-hybridized carbons (Fsp3) is 0.550. The third-order valence-corrected chi connectivity index (χ3v) is 14.8. The minimum absolute atomic E-state index is 0.0481. The predicted octanol–water partition coefficient (Wildman–Crippen LogP) is -1.44. The number of imidazole rings is 1. The zero-order chi connectivity index (χ0) is 44.5. The summed E-state index contributed by atoms with van der Waals surface area (Å²) in [4.78, 5) is 118. The lowest BCUT2D eigenvalue weighted by Crippen LogP contribution is -2.33. The summed E-state index contributed by atoms with van der Waals surface area (Å²) >= 11 is 0. The molecule has 3 aromatic heterocycles. The molecular weight excluding hydrogens is 940 g/mol. The van der Waals surface area contributed by atoms with Crippen LogP contribution in [0, 0.1) is 6.92 Å². The molecule has 0 aliphatic carbocycles. The maximum absolute atomic E-state index is 11.8. The molecule has 0 bridgehead atoms. The minimum Gasteiger partial charge on any atom is -0.390 e. The van der Waals surface area contributed by atoms with Gasteiger partial charge < -0.3 is 59.5 Å². The zero-order valence-corrected chi connectivity index (χ0v) is 34.5. The molecule has 4 unspecified atom stereocenters. The third-order valence-electron chi connectivity index (χ3n) is 7.16. The molecule has 5 rings (SSSR count). The van der Waals surface area contributed by atoms with Gasteiger partial charge in [-0.15, -0.1) is 0 Å². The number of aliphatic hydroxyl groups excluding tert-OH is 1. The smallest absolute Gasteiger partial charge is 0.390 e. The lowest BCUT2D eigenvalue weighted by atomic mass is 10.2. The SMILES string of the molecule is Cc1cn([C@H]2CC[C@@H](COP(=O)(O)OP(=O)(O)OP(=O)(O)O)O2)c(=O)[nH]c1=O.Nc1nc2c(ncn2[C@H]2C[C@H](O)[C@@H](COP(=O)(O)OP(=O)(O)OP(=O)(O)O)O2)c(=O)[nH]1. The van der Waals surface area contributed by atoms with Crippen LogP contribution >= 0.6 is 46.9 Å². The molecule has 2 fully saturated rings. The number of aromatic nitrogens is 6. The Morgan fingerprint density at radius 2 is 1.32 bits per heavy atom. The molecule has 3 aromatic rings. The van der Waals surface area contributed by atoms with Crippen molar-refractivity contribution in [3.8, 4) is 0 Å². The van der Waals surface area contributed by atoms with Crippen molar-refractivity contribution in [2.24, 2.45) is 0 Å². The van der Waals surface area contributed by atoms with Gasteiger partial charge in [0.05, 0.1) is 31.7 Å². The van der Waals surface area contributed by atoms with E-state index in [9.17, 15) is 56.7 Å². The number of phosphoric acid groups is 6. The second-order valence-corrected chi connectivity index (χ2v) is 20.6. The maximum atomic E-state index is 11.8. The van der Waals surface area contributed by atoms with E-state index in [-0.39, 0.29) is 41.9 Å². The number of nitrogens with one attached hydrogen (secondary N) is 2. The highest BCUT2D eigenvalue weighted by atomic mass is 31.3. The van der Waals surface area contributed by atoms with Crippen LogP contribution in [0.3, 0.4) is 0 Å². The number of H-pyrrole nitrogens is 2. The first-order valence-corrected chi connectivity index (χ1v) is 24.5. The van der Waals surface area contributed by atoms with Crippen LogP contribution in [0.1, 0.15) is 37.3 Å². The summed E-state index contributed by atoms with van der Waals surface area (Å²) in [6, 6.07) is 0. The Morgan fingerprint density at radius 1 is 0.763 bits per heavy atom. The van der Waals surface area contributed by atoms with Crippen LogP contribution in [0.4, 0.5) is 5.95 Å². The van der Waals surface area contributed by atoms with E-state index in [1.165, 1.54) is 24.0 Å². The Hall–Kier alpha value is -2.47. The van der Waals surface area contributed by atoms with E-state index in [2.05, 4.69) is 46.2 Å². The topological polar surface area (TPSA) is 503 Å². The fourth-order valence-corrected chi connectivity index (χ4v) is 11.0. The fourth-order valence-electron chi connectivity index (χ4n) is 4.96. The standard InChI is InChI=1S/C10H16N5O13P3.C10H17N2O13P3/c11-10-13-8-7(9(17)14-10)12-3-15(8)6-1-4(16)5(26-6)2-25-30(21,22)28-31(23,24)27-29(18,19)20;1-6-4-12(10(14)11-9(6)13)8-3-2-7(23-8)5-22-27(18,19)25-28(20,21)24-26(15,16)17/h3-6,16H,1-2H2,(H,21,22)(H,23,24)(H2,18,19,20)(H3,11,13,14,17);4,7-8H,2-3,5H2,1H3,(H,18,19)(H,20,21)(H,11,13,14)(H2,15,16,17)/t4-,5+,6+;7-,8+/m00/s1. The van der Waals surface area contributed by atoms with Crippen molar-refractivity contribution in [2.45, 2.75) is 57.0 Å². The normalized spacial score (nSPS) is 25.4. The number of nitrogens with zero attached hydrogens (tertiary/aromatic N) is 4. The molecule has 59 heavy (non-hydrogen) atoms. The van der Waals surface area contributed by atoms with Crippen LogP contribution in [0.5, 0.6) is 0 Å². The van der Waals surface area contributed by atoms with E-state index in [4.69, 9.17) is 44.6 Å². The number of nitrogens with two attached hydrogens (primary N) is 1. The average Bonchev–Trinajstić information content (AvgIpc) is 3.76. The number of nitrogen functional groups attached to an aromatic ring is 1. The molecule has 0 aromatic carbocycles. The van der Waals surface area contributed by atoms with Crippen LogP contribution < -0.4 is 22.5 Å². The molecule has 0 spiro atoms. The molecule has 0 saturated carbocycles. The average molecular weight is 973 g/mol. The highest BCUT2D eigenvalue weighted by Gasteiger charge is 2.44. The Labute approximate surface area is 325 Å². The first-order valence-electron chi connectivity index (χ1n) is 15.4. The van der Waals surface area contributed by atoms with Gasteiger partial charge in [0.1, 0.15) is 18.6 Å². The Bertz CT molecular complexity index is 2490. The highest BCUT2D eigenvalue weighted by Crippen LogP contribution is 2.67. The van der Waals surface area contributed by atoms with Crippen LogP contribution in [-0.4, -0.2) is 105 Å². The highest BCUT2D eigenvalue weighted by molar-refractivity contribution is 7.67. The number of aliphatic hydroxyl groups is 1. The van der Waals surface area contributed by atoms with Crippen LogP contribution in [-0.2, 0) is 63.2 Å². The lowest BCUT2D eigenvalue weighted by Gasteiger charge is -2.19. The zero-order valence-electron chi connectivity index (χ0n) is 29.1. The predicted molar refractivity (Wildman–Crippen MR) is 186 cm³/mol. The largest absolute Gasteiger partial charge is 0.490 e. The summed E-state index contributed by atoms with van der Waals surface area (Å²) < 4.78 is 104. The molecule has 2 aliphatic heterocycles. The molecule has 334 valence electrons. The Morgan fingerprint density at radius 3 is 1.88 bits per heavy atom. The van der Waals surface area contributed by atoms with Gasteiger partial charge in [-0.25, -0.2) is 37.2 Å². The van der Waals surface area contributed by atoms with Crippen molar-refractivity contribution >= 4 is 64.0 Å². The molecule has 9 atom stereocenters. The molecule has 2 saturated heterocycles. The van der Waals surface area contributed by atoms with Crippen molar-refractivity contribution in [3.05, 3.63) is 49.3 Å². The summed E-state index contributed by atoms with van der Waals surface area (Å²) in [5.74, 6) is -0.193. The number of aryl methyl sites for hydroxylation is 1. The van der Waals surface area contributed by atoms with Crippen LogP contribution in [0.25, 0.3) is 11.2 Å². The van der Waals surface area contributed by atoms with Gasteiger partial charge >= 0.3 is 52.6 Å². The van der Waals surface area contributed by atoms with E-state index in [1.54, 1.807) is 0 Å². The van der Waals surface area contributed by atoms with E-state index in [0.717, 1.165) is 4.57 Å². The lowest BCUT2D eigenvalue weighted by molar-refractivity contribution is -0.0423. The second kappa shape index (κ2) is 18.5. The number of hydrogen-bond donors (Lipinski definition) is 12. The third kappa shape index (κ3) is 14.8.